The summed E-state index contributed by atoms with van der Waals surface area (Å²) in [5.74, 6) is 0.883. The highest BCUT2D eigenvalue weighted by atomic mass is 32.2. The van der Waals surface area contributed by atoms with Crippen LogP contribution < -0.4 is 16.0 Å². The highest BCUT2D eigenvalue weighted by Gasteiger charge is 2.04. The van der Waals surface area contributed by atoms with E-state index in [1.54, 1.807) is 18.0 Å². The standard InChI is InChI=1S/C20H26N4S.C2H6/c1-5-21-8-9-22-10-11-23-20-13-19-12-17(16(4)25-15(2)3)6-7-18(19)14-24-20;1-2/h5-7,12-14,21-22H,1-2,4,8-11H2,3H3,(H,23,24);1-2H3. The van der Waals surface area contributed by atoms with Gasteiger partial charge in [-0.1, -0.05) is 57.5 Å². The van der Waals surface area contributed by atoms with Crippen LogP contribution in [0.4, 0.5) is 5.82 Å². The molecular formula is C22H32N4S. The fourth-order valence-corrected chi connectivity index (χ4v) is 3.01. The van der Waals surface area contributed by atoms with Gasteiger partial charge in [-0.3, -0.25) is 0 Å². The Balaban J connectivity index is 0.00000176. The molecular weight excluding hydrogens is 352 g/mol. The molecule has 2 aromatic rings. The molecule has 2 rings (SSSR count). The smallest absolute Gasteiger partial charge is 0.126 e. The van der Waals surface area contributed by atoms with Crippen LogP contribution >= 0.6 is 11.8 Å². The molecule has 1 aromatic carbocycles. The lowest BCUT2D eigenvalue weighted by atomic mass is 10.1. The van der Waals surface area contributed by atoms with Gasteiger partial charge in [0.25, 0.3) is 0 Å². The van der Waals surface area contributed by atoms with Gasteiger partial charge in [-0.05, 0) is 41.1 Å². The summed E-state index contributed by atoms with van der Waals surface area (Å²) >= 11 is 1.61. The number of thioether (sulfide) groups is 1. The second-order valence-corrected chi connectivity index (χ2v) is 7.09. The molecule has 0 bridgehead atoms. The van der Waals surface area contributed by atoms with E-state index in [0.717, 1.165) is 58.1 Å². The maximum atomic E-state index is 4.47. The van der Waals surface area contributed by atoms with Crippen LogP contribution in [0.2, 0.25) is 0 Å². The number of hydrogen-bond donors (Lipinski definition) is 3. The molecule has 5 heteroatoms. The van der Waals surface area contributed by atoms with Gasteiger partial charge in [-0.25, -0.2) is 4.98 Å². The molecule has 0 atom stereocenters. The average Bonchev–Trinajstić information content (AvgIpc) is 2.67. The Hall–Kier alpha value is -2.24. The van der Waals surface area contributed by atoms with Crippen molar-refractivity contribution in [3.63, 3.8) is 0 Å². The molecule has 0 radical (unpaired) electrons. The summed E-state index contributed by atoms with van der Waals surface area (Å²) in [6.45, 7) is 21.2. The number of pyridine rings is 1. The SMILES string of the molecule is C=CNCCNCCNc1cc2cc(C(=C)SC(=C)C)ccc2cn1.CC. The zero-order valence-corrected chi connectivity index (χ0v) is 17.6. The molecule has 146 valence electrons. The fourth-order valence-electron chi connectivity index (χ4n) is 2.35. The molecule has 0 saturated carbocycles. The van der Waals surface area contributed by atoms with Gasteiger partial charge in [0, 0.05) is 42.7 Å². The monoisotopic (exact) mass is 384 g/mol. The molecule has 0 aliphatic heterocycles. The molecule has 0 fully saturated rings. The summed E-state index contributed by atoms with van der Waals surface area (Å²) in [7, 11) is 0. The predicted octanol–water partition coefficient (Wildman–Crippen LogP) is 5.23. The number of nitrogens with one attached hydrogen (secondary N) is 3. The quantitative estimate of drug-likeness (QED) is 0.463. The summed E-state index contributed by atoms with van der Waals surface area (Å²) in [4.78, 5) is 6.52. The topological polar surface area (TPSA) is 49.0 Å². The highest BCUT2D eigenvalue weighted by Crippen LogP contribution is 2.32. The van der Waals surface area contributed by atoms with Crippen molar-refractivity contribution in [2.75, 3.05) is 31.5 Å². The minimum Gasteiger partial charge on any atom is -0.390 e. The lowest BCUT2D eigenvalue weighted by Gasteiger charge is -2.10. The summed E-state index contributed by atoms with van der Waals surface area (Å²) < 4.78 is 0. The first-order valence-corrected chi connectivity index (χ1v) is 10.1. The highest BCUT2D eigenvalue weighted by molar-refractivity contribution is 8.11. The van der Waals surface area contributed by atoms with Crippen molar-refractivity contribution in [1.82, 2.24) is 15.6 Å². The van der Waals surface area contributed by atoms with Crippen LogP contribution in [0.5, 0.6) is 0 Å². The van der Waals surface area contributed by atoms with Gasteiger partial charge in [-0.15, -0.1) is 0 Å². The molecule has 0 unspecified atom stereocenters. The molecule has 1 aromatic heterocycles. The van der Waals surface area contributed by atoms with E-state index >= 15 is 0 Å². The molecule has 1 heterocycles. The van der Waals surface area contributed by atoms with Gasteiger partial charge in [-0.2, -0.15) is 0 Å². The molecule has 3 N–H and O–H groups in total. The van der Waals surface area contributed by atoms with E-state index < -0.39 is 0 Å². The summed E-state index contributed by atoms with van der Waals surface area (Å²) in [6.07, 6.45) is 3.61. The second-order valence-electron chi connectivity index (χ2n) is 5.69. The van der Waals surface area contributed by atoms with Crippen molar-refractivity contribution >= 4 is 33.3 Å². The Morgan fingerprint density at radius 1 is 1.07 bits per heavy atom. The molecule has 0 aliphatic carbocycles. The third-order valence-electron chi connectivity index (χ3n) is 3.54. The first-order valence-electron chi connectivity index (χ1n) is 9.31. The van der Waals surface area contributed by atoms with Gasteiger partial charge in [0.15, 0.2) is 0 Å². The number of aromatic nitrogens is 1. The number of allylic oxidation sites excluding steroid dienone is 1. The number of anilines is 1. The van der Waals surface area contributed by atoms with Crippen LogP contribution in [-0.2, 0) is 0 Å². The summed E-state index contributed by atoms with van der Waals surface area (Å²) in [6, 6.07) is 8.40. The Labute approximate surface area is 168 Å². The molecule has 0 saturated heterocycles. The van der Waals surface area contributed by atoms with Gasteiger partial charge < -0.3 is 16.0 Å². The lowest BCUT2D eigenvalue weighted by Crippen LogP contribution is -2.28. The second kappa shape index (κ2) is 13.0. The van der Waals surface area contributed by atoms with E-state index in [-0.39, 0.29) is 0 Å². The van der Waals surface area contributed by atoms with Gasteiger partial charge in [0.1, 0.15) is 5.82 Å². The van der Waals surface area contributed by atoms with Crippen molar-refractivity contribution in [3.05, 3.63) is 66.9 Å². The lowest BCUT2D eigenvalue weighted by molar-refractivity contribution is 0.674. The third-order valence-corrected chi connectivity index (χ3v) is 4.37. The maximum Gasteiger partial charge on any atom is 0.126 e. The first kappa shape index (κ1) is 22.8. The Morgan fingerprint density at radius 3 is 2.52 bits per heavy atom. The minimum absolute atomic E-state index is 0.824. The minimum atomic E-state index is 0.824. The van der Waals surface area contributed by atoms with E-state index in [1.807, 2.05) is 27.0 Å². The molecule has 4 nitrogen and oxygen atoms in total. The predicted molar refractivity (Wildman–Crippen MR) is 124 cm³/mol. The van der Waals surface area contributed by atoms with Gasteiger partial charge in [0.05, 0.1) is 0 Å². The first-order chi connectivity index (χ1) is 13.1. The maximum absolute atomic E-state index is 4.47. The van der Waals surface area contributed by atoms with Crippen molar-refractivity contribution in [1.29, 1.82) is 0 Å². The summed E-state index contributed by atoms with van der Waals surface area (Å²) in [5, 5.41) is 12.0. The van der Waals surface area contributed by atoms with E-state index in [1.165, 1.54) is 0 Å². The molecule has 27 heavy (non-hydrogen) atoms. The van der Waals surface area contributed by atoms with Crippen LogP contribution in [0.3, 0.4) is 0 Å². The largest absolute Gasteiger partial charge is 0.390 e. The Bertz CT molecular complexity index is 755. The number of rotatable bonds is 11. The van der Waals surface area contributed by atoms with Crippen LogP contribution in [0.1, 0.15) is 26.3 Å². The van der Waals surface area contributed by atoms with Gasteiger partial charge in [0.2, 0.25) is 0 Å². The zero-order chi connectivity index (χ0) is 20.1. The molecule has 0 amide bonds. The Morgan fingerprint density at radius 2 is 1.81 bits per heavy atom. The van der Waals surface area contributed by atoms with Crippen LogP contribution in [-0.4, -0.2) is 31.2 Å². The van der Waals surface area contributed by atoms with Gasteiger partial charge >= 0.3 is 0 Å². The van der Waals surface area contributed by atoms with E-state index in [4.69, 9.17) is 0 Å². The van der Waals surface area contributed by atoms with E-state index in [2.05, 4.69) is 64.9 Å². The van der Waals surface area contributed by atoms with Crippen molar-refractivity contribution in [2.45, 2.75) is 20.8 Å². The van der Waals surface area contributed by atoms with Crippen LogP contribution in [0, 0.1) is 0 Å². The number of fused-ring (bicyclic) bond motifs is 1. The third kappa shape index (κ3) is 8.33. The van der Waals surface area contributed by atoms with Crippen LogP contribution in [0.15, 0.2) is 61.3 Å². The number of benzene rings is 1. The number of hydrogen-bond acceptors (Lipinski definition) is 5. The van der Waals surface area contributed by atoms with Crippen molar-refractivity contribution in [3.8, 4) is 0 Å². The average molecular weight is 385 g/mol. The van der Waals surface area contributed by atoms with Crippen molar-refractivity contribution < 1.29 is 0 Å². The summed E-state index contributed by atoms with van der Waals surface area (Å²) in [5.41, 5.74) is 1.12. The normalized spacial score (nSPS) is 9.89. The number of nitrogens with zero attached hydrogens (tertiary/aromatic N) is 1. The zero-order valence-electron chi connectivity index (χ0n) is 16.8. The van der Waals surface area contributed by atoms with E-state index in [0.29, 0.717) is 0 Å². The van der Waals surface area contributed by atoms with E-state index in [9.17, 15) is 0 Å². The molecule has 0 aliphatic rings. The Kier molecular flexibility index (Phi) is 11.0. The fraction of sp³-hybridized carbons (Fsp3) is 0.318. The molecule has 0 spiro atoms. The van der Waals surface area contributed by atoms with Crippen molar-refractivity contribution in [2.24, 2.45) is 0 Å². The van der Waals surface area contributed by atoms with Crippen LogP contribution in [0.25, 0.3) is 15.7 Å².